The highest BCUT2D eigenvalue weighted by Gasteiger charge is 2.28. The first-order valence-electron chi connectivity index (χ1n) is 8.17. The first-order valence-corrected chi connectivity index (χ1v) is 8.17. The van der Waals surface area contributed by atoms with E-state index in [0.717, 1.165) is 24.0 Å². The van der Waals surface area contributed by atoms with Crippen molar-refractivity contribution in [3.63, 3.8) is 0 Å². The molecule has 1 aliphatic rings. The van der Waals surface area contributed by atoms with Crippen LogP contribution in [0.2, 0.25) is 0 Å². The van der Waals surface area contributed by atoms with Gasteiger partial charge in [-0.25, -0.2) is 9.59 Å². The second kappa shape index (κ2) is 7.25. The molecule has 6 heteroatoms. The Morgan fingerprint density at radius 2 is 2.00 bits per heavy atom. The second-order valence-electron chi connectivity index (χ2n) is 6.07. The minimum Gasteiger partial charge on any atom is -0.465 e. The summed E-state index contributed by atoms with van der Waals surface area (Å²) < 4.78 is 5.20. The van der Waals surface area contributed by atoms with E-state index in [4.69, 9.17) is 4.74 Å². The normalized spacial score (nSPS) is 16.0. The number of carbonyl (C=O) groups is 2. The summed E-state index contributed by atoms with van der Waals surface area (Å²) in [5.74, 6) is 0. The lowest BCUT2D eigenvalue weighted by atomic mass is 9.96. The van der Waals surface area contributed by atoms with E-state index in [0.29, 0.717) is 11.4 Å². The van der Waals surface area contributed by atoms with Crippen molar-refractivity contribution in [1.29, 1.82) is 0 Å². The van der Waals surface area contributed by atoms with Crippen molar-refractivity contribution in [3.8, 4) is 0 Å². The molecule has 0 aliphatic carbocycles. The van der Waals surface area contributed by atoms with Crippen LogP contribution < -0.4 is 10.2 Å². The Kier molecular flexibility index (Phi) is 4.88. The molecule has 130 valence electrons. The maximum Gasteiger partial charge on any atom is 0.412 e. The van der Waals surface area contributed by atoms with Crippen molar-refractivity contribution in [3.05, 3.63) is 59.7 Å². The fraction of sp³-hybridized carbons (Fsp3) is 0.263. The van der Waals surface area contributed by atoms with Gasteiger partial charge in [0.15, 0.2) is 0 Å². The highest BCUT2D eigenvalue weighted by molar-refractivity contribution is 5.90. The van der Waals surface area contributed by atoms with Crippen molar-refractivity contribution < 1.29 is 19.4 Å². The van der Waals surface area contributed by atoms with E-state index in [1.807, 2.05) is 37.3 Å². The molecule has 1 atom stereocenters. The number of aryl methyl sites for hydroxylation is 1. The molecule has 1 unspecified atom stereocenters. The largest absolute Gasteiger partial charge is 0.465 e. The zero-order valence-corrected chi connectivity index (χ0v) is 13.9. The Balaban J connectivity index is 1.66. The number of carboxylic acid groups (broad SMARTS) is 1. The molecule has 0 aromatic heterocycles. The number of nitrogens with zero attached hydrogens (tertiary/aromatic N) is 1. The summed E-state index contributed by atoms with van der Waals surface area (Å²) in [5, 5.41) is 12.1. The van der Waals surface area contributed by atoms with Gasteiger partial charge in [0.25, 0.3) is 0 Å². The summed E-state index contributed by atoms with van der Waals surface area (Å²) in [6, 6.07) is 14.6. The van der Waals surface area contributed by atoms with Gasteiger partial charge in [0, 0.05) is 11.7 Å². The van der Waals surface area contributed by atoms with Crippen LogP contribution in [0.4, 0.5) is 21.0 Å². The number of carbonyl (C=O) groups excluding carboxylic acids is 1. The van der Waals surface area contributed by atoms with Gasteiger partial charge in [-0.3, -0.25) is 10.2 Å². The van der Waals surface area contributed by atoms with E-state index in [9.17, 15) is 14.7 Å². The van der Waals surface area contributed by atoms with Crippen LogP contribution in [0.15, 0.2) is 48.5 Å². The van der Waals surface area contributed by atoms with Crippen LogP contribution >= 0.6 is 0 Å². The van der Waals surface area contributed by atoms with E-state index in [1.54, 1.807) is 18.2 Å². The molecule has 2 aromatic rings. The van der Waals surface area contributed by atoms with Crippen LogP contribution in [0, 0.1) is 0 Å². The Bertz CT molecular complexity index is 776. The van der Waals surface area contributed by atoms with Gasteiger partial charge < -0.3 is 9.84 Å². The Labute approximate surface area is 146 Å². The van der Waals surface area contributed by atoms with Gasteiger partial charge in [0.1, 0.15) is 6.61 Å². The summed E-state index contributed by atoms with van der Waals surface area (Å²) in [4.78, 5) is 24.8. The lowest BCUT2D eigenvalue weighted by molar-refractivity contribution is 0.155. The minimum absolute atomic E-state index is 0.0559. The highest BCUT2D eigenvalue weighted by Crippen LogP contribution is 2.32. The average molecular weight is 340 g/mol. The number of benzene rings is 2. The number of hydrogen-bond donors (Lipinski definition) is 2. The van der Waals surface area contributed by atoms with Crippen molar-refractivity contribution in [1.82, 2.24) is 0 Å². The maximum absolute atomic E-state index is 11.9. The summed E-state index contributed by atoms with van der Waals surface area (Å²) >= 11 is 0. The van der Waals surface area contributed by atoms with Crippen LogP contribution in [-0.2, 0) is 17.8 Å². The molecule has 0 fully saturated rings. The third-order valence-corrected chi connectivity index (χ3v) is 4.28. The SMILES string of the molecule is CC1CCc2cc(NC(=O)OCc3ccccc3)ccc2N1C(=O)O. The number of fused-ring (bicyclic) bond motifs is 1. The van der Waals surface area contributed by atoms with Crippen LogP contribution in [0.25, 0.3) is 0 Å². The minimum atomic E-state index is -0.962. The molecule has 2 aromatic carbocycles. The van der Waals surface area contributed by atoms with Crippen molar-refractivity contribution in [2.75, 3.05) is 10.2 Å². The van der Waals surface area contributed by atoms with Crippen LogP contribution in [0.3, 0.4) is 0 Å². The van der Waals surface area contributed by atoms with Gasteiger partial charge in [0.2, 0.25) is 0 Å². The molecular formula is C19H20N2O4. The van der Waals surface area contributed by atoms with Gasteiger partial charge in [-0.2, -0.15) is 0 Å². The first kappa shape index (κ1) is 16.8. The first-order chi connectivity index (χ1) is 12.0. The fourth-order valence-corrected chi connectivity index (χ4v) is 3.00. The lowest BCUT2D eigenvalue weighted by Gasteiger charge is -2.33. The van der Waals surface area contributed by atoms with Gasteiger partial charge in [-0.15, -0.1) is 0 Å². The van der Waals surface area contributed by atoms with Crippen molar-refractivity contribution >= 4 is 23.6 Å². The summed E-state index contributed by atoms with van der Waals surface area (Å²) in [6.45, 7) is 2.09. The number of hydrogen-bond acceptors (Lipinski definition) is 3. The molecule has 0 spiro atoms. The van der Waals surface area contributed by atoms with Gasteiger partial charge in [-0.1, -0.05) is 30.3 Å². The van der Waals surface area contributed by atoms with Crippen LogP contribution in [0.1, 0.15) is 24.5 Å². The summed E-state index contributed by atoms with van der Waals surface area (Å²) in [5.41, 5.74) is 3.08. The molecule has 1 aliphatic heterocycles. The number of amides is 2. The molecule has 0 radical (unpaired) electrons. The van der Waals surface area contributed by atoms with E-state index < -0.39 is 12.2 Å². The van der Waals surface area contributed by atoms with Gasteiger partial charge >= 0.3 is 12.2 Å². The van der Waals surface area contributed by atoms with E-state index in [-0.39, 0.29) is 12.6 Å². The van der Waals surface area contributed by atoms with Crippen molar-refractivity contribution in [2.45, 2.75) is 32.4 Å². The molecule has 3 rings (SSSR count). The molecule has 2 amide bonds. The molecule has 1 heterocycles. The zero-order valence-electron chi connectivity index (χ0n) is 13.9. The maximum atomic E-state index is 11.9. The average Bonchev–Trinajstić information content (AvgIpc) is 2.60. The Morgan fingerprint density at radius 1 is 1.24 bits per heavy atom. The highest BCUT2D eigenvalue weighted by atomic mass is 16.5. The Hall–Kier alpha value is -3.02. The Morgan fingerprint density at radius 3 is 2.72 bits per heavy atom. The summed E-state index contributed by atoms with van der Waals surface area (Å²) in [7, 11) is 0. The topological polar surface area (TPSA) is 78.9 Å². The number of anilines is 2. The second-order valence-corrected chi connectivity index (χ2v) is 6.07. The van der Waals surface area contributed by atoms with E-state index in [1.165, 1.54) is 4.90 Å². The number of ether oxygens (including phenoxy) is 1. The monoisotopic (exact) mass is 340 g/mol. The molecule has 2 N–H and O–H groups in total. The molecular weight excluding hydrogens is 320 g/mol. The smallest absolute Gasteiger partial charge is 0.412 e. The molecule has 25 heavy (non-hydrogen) atoms. The molecule has 0 saturated carbocycles. The molecule has 0 bridgehead atoms. The molecule has 0 saturated heterocycles. The standard InChI is InChI=1S/C19H20N2O4/c1-13-7-8-15-11-16(9-10-17(15)21(13)19(23)24)20-18(22)25-12-14-5-3-2-4-6-14/h2-6,9-11,13H,7-8,12H2,1H3,(H,20,22)(H,23,24). The van der Waals surface area contributed by atoms with Gasteiger partial charge in [-0.05, 0) is 49.1 Å². The number of rotatable bonds is 3. The fourth-order valence-electron chi connectivity index (χ4n) is 3.00. The quantitative estimate of drug-likeness (QED) is 0.875. The predicted octanol–water partition coefficient (Wildman–Crippen LogP) is 4.25. The summed E-state index contributed by atoms with van der Waals surface area (Å²) in [6.07, 6.45) is 0.0234. The third kappa shape index (κ3) is 3.91. The van der Waals surface area contributed by atoms with Crippen LogP contribution in [0.5, 0.6) is 0 Å². The van der Waals surface area contributed by atoms with E-state index in [2.05, 4.69) is 5.32 Å². The number of nitrogens with one attached hydrogen (secondary N) is 1. The van der Waals surface area contributed by atoms with E-state index >= 15 is 0 Å². The third-order valence-electron chi connectivity index (χ3n) is 4.28. The van der Waals surface area contributed by atoms with Gasteiger partial charge in [0.05, 0.1) is 5.69 Å². The lowest BCUT2D eigenvalue weighted by Crippen LogP contribution is -2.41. The predicted molar refractivity (Wildman–Crippen MR) is 95.0 cm³/mol. The zero-order chi connectivity index (χ0) is 17.8. The van der Waals surface area contributed by atoms with Crippen LogP contribution in [-0.4, -0.2) is 23.3 Å². The molecule has 6 nitrogen and oxygen atoms in total. The van der Waals surface area contributed by atoms with Crippen molar-refractivity contribution in [2.24, 2.45) is 0 Å².